The van der Waals surface area contributed by atoms with Crippen LogP contribution in [0.25, 0.3) is 0 Å². The molecule has 0 saturated heterocycles. The zero-order valence-electron chi connectivity index (χ0n) is 9.30. The van der Waals surface area contributed by atoms with E-state index in [2.05, 4.69) is 20.2 Å². The fourth-order valence-electron chi connectivity index (χ4n) is 1.41. The molecule has 2 aromatic rings. The average Bonchev–Trinajstić information content (AvgIpc) is 2.80. The molecule has 0 spiro atoms. The van der Waals surface area contributed by atoms with Crippen molar-refractivity contribution in [3.05, 3.63) is 36.0 Å². The van der Waals surface area contributed by atoms with Gasteiger partial charge < -0.3 is 10.6 Å². The molecule has 1 aromatic heterocycles. The number of amides is 1. The van der Waals surface area contributed by atoms with E-state index in [4.69, 9.17) is 0 Å². The van der Waals surface area contributed by atoms with E-state index in [-0.39, 0.29) is 5.91 Å². The van der Waals surface area contributed by atoms with Gasteiger partial charge in [-0.15, -0.1) is 5.10 Å². The molecule has 1 amide bonds. The largest absolute Gasteiger partial charge is 0.370 e. The summed E-state index contributed by atoms with van der Waals surface area (Å²) in [6.45, 7) is 2.12. The molecule has 0 aliphatic heterocycles. The van der Waals surface area contributed by atoms with Crippen LogP contribution in [-0.4, -0.2) is 15.5 Å². The summed E-state index contributed by atoms with van der Waals surface area (Å²) in [4.78, 5) is 11.0. The topological polar surface area (TPSA) is 66.9 Å². The average molecular weight is 248 g/mol. The lowest BCUT2D eigenvalue weighted by Gasteiger charge is -2.09. The Bertz CT molecular complexity index is 498. The molecule has 2 N–H and O–H groups in total. The van der Waals surface area contributed by atoms with Gasteiger partial charge in [-0.1, -0.05) is 22.7 Å². The van der Waals surface area contributed by atoms with Crippen molar-refractivity contribution in [3.8, 4) is 0 Å². The summed E-state index contributed by atoms with van der Waals surface area (Å²) in [5, 5.41) is 10.6. The standard InChI is InChI=1S/C11H12N4OS/c1-8(16)14-10-5-3-2-4-9(10)6-12-11-7-13-15-17-11/h2-5,7,12H,6H2,1H3,(H,14,16). The second-order valence-corrected chi connectivity index (χ2v) is 4.26. The van der Waals surface area contributed by atoms with Crippen molar-refractivity contribution >= 4 is 28.1 Å². The minimum absolute atomic E-state index is 0.0723. The molecule has 0 saturated carbocycles. The van der Waals surface area contributed by atoms with Crippen molar-refractivity contribution in [1.82, 2.24) is 9.59 Å². The number of nitrogens with one attached hydrogen (secondary N) is 2. The maximum absolute atomic E-state index is 11.0. The molecule has 2 rings (SSSR count). The summed E-state index contributed by atoms with van der Waals surface area (Å²) in [5.74, 6) is -0.0723. The molecule has 0 bridgehead atoms. The smallest absolute Gasteiger partial charge is 0.221 e. The number of para-hydroxylation sites is 1. The predicted octanol–water partition coefficient (Wildman–Crippen LogP) is 2.11. The molecule has 0 fully saturated rings. The molecule has 1 heterocycles. The Kier molecular flexibility index (Phi) is 3.66. The summed E-state index contributed by atoms with van der Waals surface area (Å²) in [6, 6.07) is 7.67. The van der Waals surface area contributed by atoms with E-state index in [1.54, 1.807) is 6.20 Å². The monoisotopic (exact) mass is 248 g/mol. The predicted molar refractivity (Wildman–Crippen MR) is 68.0 cm³/mol. The number of nitrogens with zero attached hydrogens (tertiary/aromatic N) is 2. The Morgan fingerprint density at radius 2 is 2.24 bits per heavy atom. The summed E-state index contributed by atoms with van der Waals surface area (Å²) in [5.41, 5.74) is 1.85. The van der Waals surface area contributed by atoms with Crippen LogP contribution < -0.4 is 10.6 Å². The van der Waals surface area contributed by atoms with Crippen molar-refractivity contribution in [2.75, 3.05) is 10.6 Å². The first kappa shape index (κ1) is 11.5. The van der Waals surface area contributed by atoms with Gasteiger partial charge in [0.15, 0.2) is 0 Å². The van der Waals surface area contributed by atoms with Gasteiger partial charge >= 0.3 is 0 Å². The highest BCUT2D eigenvalue weighted by molar-refractivity contribution is 7.09. The summed E-state index contributed by atoms with van der Waals surface area (Å²) in [7, 11) is 0. The third-order valence-corrected chi connectivity index (χ3v) is 2.76. The normalized spacial score (nSPS) is 9.94. The molecular formula is C11H12N4OS. The Labute approximate surface area is 103 Å². The number of carbonyl (C=O) groups excluding carboxylic acids is 1. The molecule has 0 unspecified atom stereocenters. The number of carbonyl (C=O) groups is 1. The zero-order chi connectivity index (χ0) is 12.1. The van der Waals surface area contributed by atoms with Crippen molar-refractivity contribution in [2.45, 2.75) is 13.5 Å². The lowest BCUT2D eigenvalue weighted by Crippen LogP contribution is -2.09. The molecule has 0 aliphatic carbocycles. The minimum atomic E-state index is -0.0723. The molecule has 0 aliphatic rings. The molecule has 0 atom stereocenters. The Balaban J connectivity index is 2.06. The van der Waals surface area contributed by atoms with E-state index in [0.717, 1.165) is 16.3 Å². The van der Waals surface area contributed by atoms with E-state index in [1.165, 1.54) is 18.5 Å². The van der Waals surface area contributed by atoms with Crippen LogP contribution in [0.4, 0.5) is 10.7 Å². The lowest BCUT2D eigenvalue weighted by molar-refractivity contribution is -0.114. The van der Waals surface area contributed by atoms with Gasteiger partial charge in [-0.25, -0.2) is 0 Å². The minimum Gasteiger partial charge on any atom is -0.370 e. The highest BCUT2D eigenvalue weighted by Gasteiger charge is 2.03. The molecular weight excluding hydrogens is 236 g/mol. The Hall–Kier alpha value is -1.95. The van der Waals surface area contributed by atoms with Crippen molar-refractivity contribution in [2.24, 2.45) is 0 Å². The van der Waals surface area contributed by atoms with Crippen LogP contribution in [0.2, 0.25) is 0 Å². The highest BCUT2D eigenvalue weighted by Crippen LogP contribution is 2.17. The second-order valence-electron chi connectivity index (χ2n) is 3.47. The molecule has 5 nitrogen and oxygen atoms in total. The molecule has 0 radical (unpaired) electrons. The van der Waals surface area contributed by atoms with Crippen LogP contribution >= 0.6 is 11.5 Å². The third kappa shape index (κ3) is 3.25. The number of rotatable bonds is 4. The summed E-state index contributed by atoms with van der Waals surface area (Å²) < 4.78 is 3.76. The van der Waals surface area contributed by atoms with Gasteiger partial charge in [0.2, 0.25) is 5.91 Å². The first-order valence-electron chi connectivity index (χ1n) is 5.12. The number of benzene rings is 1. The van der Waals surface area contributed by atoms with E-state index in [0.29, 0.717) is 6.54 Å². The highest BCUT2D eigenvalue weighted by atomic mass is 32.1. The molecule has 88 valence electrons. The van der Waals surface area contributed by atoms with E-state index in [1.807, 2.05) is 24.3 Å². The van der Waals surface area contributed by atoms with Crippen molar-refractivity contribution < 1.29 is 4.79 Å². The number of anilines is 2. The van der Waals surface area contributed by atoms with Crippen LogP contribution in [0.3, 0.4) is 0 Å². The van der Waals surface area contributed by atoms with Gasteiger partial charge in [-0.3, -0.25) is 4.79 Å². The maximum atomic E-state index is 11.0. The summed E-state index contributed by atoms with van der Waals surface area (Å²) >= 11 is 1.30. The van der Waals surface area contributed by atoms with E-state index < -0.39 is 0 Å². The van der Waals surface area contributed by atoms with E-state index >= 15 is 0 Å². The molecule has 6 heteroatoms. The fraction of sp³-hybridized carbons (Fsp3) is 0.182. The van der Waals surface area contributed by atoms with Crippen LogP contribution in [0.15, 0.2) is 30.5 Å². The fourth-order valence-corrected chi connectivity index (χ4v) is 1.83. The Morgan fingerprint density at radius 3 is 2.94 bits per heavy atom. The van der Waals surface area contributed by atoms with Crippen molar-refractivity contribution in [3.63, 3.8) is 0 Å². The maximum Gasteiger partial charge on any atom is 0.221 e. The third-order valence-electron chi connectivity index (χ3n) is 2.14. The number of hydrogen-bond acceptors (Lipinski definition) is 5. The Morgan fingerprint density at radius 1 is 1.41 bits per heavy atom. The first-order valence-corrected chi connectivity index (χ1v) is 5.90. The number of aromatic nitrogens is 2. The van der Waals surface area contributed by atoms with E-state index in [9.17, 15) is 4.79 Å². The van der Waals surface area contributed by atoms with Crippen LogP contribution in [0.1, 0.15) is 12.5 Å². The van der Waals surface area contributed by atoms with Crippen LogP contribution in [0.5, 0.6) is 0 Å². The van der Waals surface area contributed by atoms with Gasteiger partial charge in [0.25, 0.3) is 0 Å². The SMILES string of the molecule is CC(=O)Nc1ccccc1CNc1cnns1. The zero-order valence-corrected chi connectivity index (χ0v) is 10.1. The quantitative estimate of drug-likeness (QED) is 0.869. The van der Waals surface area contributed by atoms with Gasteiger partial charge in [0.05, 0.1) is 6.20 Å². The first-order chi connectivity index (χ1) is 8.25. The lowest BCUT2D eigenvalue weighted by atomic mass is 10.1. The van der Waals surface area contributed by atoms with Gasteiger partial charge in [-0.2, -0.15) is 0 Å². The summed E-state index contributed by atoms with van der Waals surface area (Å²) in [6.07, 6.45) is 1.67. The molecule has 1 aromatic carbocycles. The van der Waals surface area contributed by atoms with Crippen molar-refractivity contribution in [1.29, 1.82) is 0 Å². The molecule has 17 heavy (non-hydrogen) atoms. The second kappa shape index (κ2) is 5.40. The van der Waals surface area contributed by atoms with Gasteiger partial charge in [0, 0.05) is 30.7 Å². The van der Waals surface area contributed by atoms with Gasteiger partial charge in [0.1, 0.15) is 5.00 Å². The number of hydrogen-bond donors (Lipinski definition) is 2. The van der Waals surface area contributed by atoms with Crippen LogP contribution in [-0.2, 0) is 11.3 Å². The van der Waals surface area contributed by atoms with Gasteiger partial charge in [-0.05, 0) is 11.6 Å². The van der Waals surface area contributed by atoms with Crippen LogP contribution in [0, 0.1) is 0 Å².